The largest absolute Gasteiger partial charge is 0.457 e. The maximum Gasteiger partial charge on any atom is 0.273 e. The van der Waals surface area contributed by atoms with Gasteiger partial charge >= 0.3 is 0 Å². The van der Waals surface area contributed by atoms with Gasteiger partial charge in [0.25, 0.3) is 11.4 Å². The molecule has 0 unspecified atom stereocenters. The molecule has 0 N–H and O–H groups in total. The molecule has 8 nitrogen and oxygen atoms in total. The second-order valence-corrected chi connectivity index (χ2v) is 8.59. The van der Waals surface area contributed by atoms with Crippen LogP contribution in [0.2, 0.25) is 0 Å². The van der Waals surface area contributed by atoms with Crippen LogP contribution in [0.5, 0.6) is 23.0 Å². The van der Waals surface area contributed by atoms with Crippen molar-refractivity contribution in [3.63, 3.8) is 0 Å². The molecule has 0 bridgehead atoms. The minimum atomic E-state index is -0.452. The smallest absolute Gasteiger partial charge is 0.273 e. The second-order valence-electron chi connectivity index (χ2n) is 8.59. The Morgan fingerprint density at radius 2 is 0.889 bits per heavy atom. The molecule has 0 spiro atoms. The first kappa shape index (κ1) is 24.4. The van der Waals surface area contributed by atoms with Gasteiger partial charge in [0.15, 0.2) is 0 Å². The highest BCUT2D eigenvalue weighted by Gasteiger charge is 2.15. The molecule has 4 rings (SSSR count). The molecule has 0 fully saturated rings. The third kappa shape index (κ3) is 5.17. The van der Waals surface area contributed by atoms with Gasteiger partial charge in [0, 0.05) is 12.1 Å². The van der Waals surface area contributed by atoms with E-state index in [1.54, 1.807) is 24.3 Å². The van der Waals surface area contributed by atoms with E-state index in [9.17, 15) is 20.2 Å². The zero-order chi connectivity index (χ0) is 26.0. The van der Waals surface area contributed by atoms with Gasteiger partial charge in [0.1, 0.15) is 23.0 Å². The van der Waals surface area contributed by atoms with Gasteiger partial charge in [-0.25, -0.2) is 0 Å². The lowest BCUT2D eigenvalue weighted by Gasteiger charge is -2.16. The lowest BCUT2D eigenvalue weighted by Crippen LogP contribution is -1.96. The van der Waals surface area contributed by atoms with E-state index in [-0.39, 0.29) is 11.4 Å². The molecule has 0 aliphatic carbocycles. The van der Waals surface area contributed by atoms with Crippen molar-refractivity contribution in [2.75, 3.05) is 0 Å². The molecule has 0 amide bonds. The zero-order valence-electron chi connectivity index (χ0n) is 20.3. The SMILES string of the molecule is Cc1cc(-c2cc(C)c(Oc3cccc([N+](=O)[O-])c3)c(C)c2)cc(C)c1Oc1cccc([N+](=O)[O-])c1. The fourth-order valence-corrected chi connectivity index (χ4v) is 4.11. The molecule has 0 aliphatic heterocycles. The first-order valence-electron chi connectivity index (χ1n) is 11.2. The Balaban J connectivity index is 1.63. The number of nitro groups is 2. The number of nitrogens with zero attached hydrogens (tertiary/aromatic N) is 2. The number of ether oxygens (including phenoxy) is 2. The summed E-state index contributed by atoms with van der Waals surface area (Å²) in [7, 11) is 0. The molecule has 0 aromatic heterocycles. The van der Waals surface area contributed by atoms with Crippen LogP contribution in [-0.4, -0.2) is 9.85 Å². The van der Waals surface area contributed by atoms with Crippen molar-refractivity contribution in [2.45, 2.75) is 27.7 Å². The number of hydrogen-bond donors (Lipinski definition) is 0. The van der Waals surface area contributed by atoms with Crippen LogP contribution in [0.3, 0.4) is 0 Å². The predicted molar refractivity (Wildman–Crippen MR) is 137 cm³/mol. The summed E-state index contributed by atoms with van der Waals surface area (Å²) in [6, 6.07) is 20.2. The van der Waals surface area contributed by atoms with Crippen LogP contribution in [0.15, 0.2) is 72.8 Å². The normalized spacial score (nSPS) is 10.7. The molecule has 182 valence electrons. The quantitative estimate of drug-likeness (QED) is 0.194. The van der Waals surface area contributed by atoms with E-state index in [0.29, 0.717) is 23.0 Å². The van der Waals surface area contributed by atoms with E-state index in [1.807, 2.05) is 52.0 Å². The first-order chi connectivity index (χ1) is 17.1. The Kier molecular flexibility index (Phi) is 6.69. The number of non-ortho nitro benzene ring substituents is 2. The first-order valence-corrected chi connectivity index (χ1v) is 11.2. The van der Waals surface area contributed by atoms with Crippen LogP contribution in [0.4, 0.5) is 11.4 Å². The van der Waals surface area contributed by atoms with Crippen LogP contribution in [-0.2, 0) is 0 Å². The molecule has 0 radical (unpaired) electrons. The van der Waals surface area contributed by atoms with E-state index in [1.165, 1.54) is 24.3 Å². The van der Waals surface area contributed by atoms with Crippen LogP contribution in [0, 0.1) is 47.9 Å². The minimum absolute atomic E-state index is 0.0298. The van der Waals surface area contributed by atoms with Gasteiger partial charge in [-0.05, 0) is 97.5 Å². The Labute approximate surface area is 208 Å². The number of benzene rings is 4. The third-order valence-corrected chi connectivity index (χ3v) is 5.75. The van der Waals surface area contributed by atoms with Gasteiger partial charge < -0.3 is 9.47 Å². The van der Waals surface area contributed by atoms with E-state index in [2.05, 4.69) is 0 Å². The number of hydrogen-bond acceptors (Lipinski definition) is 6. The van der Waals surface area contributed by atoms with Gasteiger partial charge in [0.2, 0.25) is 0 Å². The van der Waals surface area contributed by atoms with E-state index in [0.717, 1.165) is 33.4 Å². The third-order valence-electron chi connectivity index (χ3n) is 5.75. The summed E-state index contributed by atoms with van der Waals surface area (Å²) in [6.45, 7) is 7.73. The highest BCUT2D eigenvalue weighted by molar-refractivity contribution is 5.70. The second kappa shape index (κ2) is 9.87. The van der Waals surface area contributed by atoms with Crippen LogP contribution in [0.25, 0.3) is 11.1 Å². The molecule has 0 saturated heterocycles. The molecule has 8 heteroatoms. The summed E-state index contributed by atoms with van der Waals surface area (Å²) in [5, 5.41) is 22.2. The predicted octanol–water partition coefficient (Wildman–Crippen LogP) is 7.99. The van der Waals surface area contributed by atoms with Crippen molar-refractivity contribution in [3.05, 3.63) is 115 Å². The molecular weight excluding hydrogens is 460 g/mol. The highest BCUT2D eigenvalue weighted by Crippen LogP contribution is 2.38. The average molecular weight is 485 g/mol. The summed E-state index contributed by atoms with van der Waals surface area (Å²) < 4.78 is 12.0. The van der Waals surface area contributed by atoms with E-state index >= 15 is 0 Å². The number of aryl methyl sites for hydroxylation is 4. The fourth-order valence-electron chi connectivity index (χ4n) is 4.11. The monoisotopic (exact) mass is 484 g/mol. The maximum atomic E-state index is 11.1. The molecule has 0 atom stereocenters. The van der Waals surface area contributed by atoms with Gasteiger partial charge in [-0.1, -0.05) is 12.1 Å². The summed E-state index contributed by atoms with van der Waals surface area (Å²) in [6.07, 6.45) is 0. The zero-order valence-corrected chi connectivity index (χ0v) is 20.3. The fraction of sp³-hybridized carbons (Fsp3) is 0.143. The number of nitro benzene ring substituents is 2. The standard InChI is InChI=1S/C28H24N2O6/c1-17-11-21(12-18(2)27(17)35-25-9-5-7-23(15-25)29(31)32)22-13-19(3)28(20(4)14-22)36-26-10-6-8-24(16-26)30(33)34/h5-16H,1-4H3. The molecular formula is C28H24N2O6. The molecule has 4 aromatic carbocycles. The summed E-state index contributed by atoms with van der Waals surface area (Å²) >= 11 is 0. The van der Waals surface area contributed by atoms with Crippen molar-refractivity contribution < 1.29 is 19.3 Å². The maximum absolute atomic E-state index is 11.1. The van der Waals surface area contributed by atoms with Crippen molar-refractivity contribution in [3.8, 4) is 34.1 Å². The number of rotatable bonds is 7. The Morgan fingerprint density at radius 1 is 0.556 bits per heavy atom. The highest BCUT2D eigenvalue weighted by atomic mass is 16.6. The molecule has 0 heterocycles. The van der Waals surface area contributed by atoms with Gasteiger partial charge in [0.05, 0.1) is 22.0 Å². The Morgan fingerprint density at radius 3 is 1.19 bits per heavy atom. The van der Waals surface area contributed by atoms with Gasteiger partial charge in [-0.15, -0.1) is 0 Å². The topological polar surface area (TPSA) is 105 Å². The van der Waals surface area contributed by atoms with Crippen molar-refractivity contribution in [2.24, 2.45) is 0 Å². The summed E-state index contributed by atoms with van der Waals surface area (Å²) in [5.41, 5.74) is 5.49. The molecule has 4 aromatic rings. The molecule has 0 saturated carbocycles. The van der Waals surface area contributed by atoms with Crippen molar-refractivity contribution in [1.29, 1.82) is 0 Å². The molecule has 0 aliphatic rings. The van der Waals surface area contributed by atoms with Crippen LogP contribution in [0.1, 0.15) is 22.3 Å². The van der Waals surface area contributed by atoms with E-state index in [4.69, 9.17) is 9.47 Å². The lowest BCUT2D eigenvalue weighted by molar-refractivity contribution is -0.385. The van der Waals surface area contributed by atoms with Gasteiger partial charge in [-0.2, -0.15) is 0 Å². The lowest BCUT2D eigenvalue weighted by atomic mass is 9.96. The minimum Gasteiger partial charge on any atom is -0.457 e. The van der Waals surface area contributed by atoms with Crippen LogP contribution < -0.4 is 9.47 Å². The Bertz CT molecular complexity index is 1340. The van der Waals surface area contributed by atoms with Crippen molar-refractivity contribution >= 4 is 11.4 Å². The van der Waals surface area contributed by atoms with Crippen LogP contribution >= 0.6 is 0 Å². The van der Waals surface area contributed by atoms with E-state index < -0.39 is 9.85 Å². The molecule has 36 heavy (non-hydrogen) atoms. The van der Waals surface area contributed by atoms with Crippen molar-refractivity contribution in [1.82, 2.24) is 0 Å². The summed E-state index contributed by atoms with van der Waals surface area (Å²) in [5.74, 6) is 2.10. The Hall–Kier alpha value is -4.72. The summed E-state index contributed by atoms with van der Waals surface area (Å²) in [4.78, 5) is 21.3. The average Bonchev–Trinajstić information content (AvgIpc) is 2.83. The van der Waals surface area contributed by atoms with Gasteiger partial charge in [-0.3, -0.25) is 20.2 Å².